The molecule has 0 saturated heterocycles. The fourth-order valence-electron chi connectivity index (χ4n) is 6.92. The highest BCUT2D eigenvalue weighted by Gasteiger charge is 2.19. The third-order valence-electron chi connectivity index (χ3n) is 11.0. The van der Waals surface area contributed by atoms with E-state index < -0.39 is 6.10 Å². The van der Waals surface area contributed by atoms with Crippen LogP contribution in [0.5, 0.6) is 0 Å². The highest BCUT2D eigenvalue weighted by molar-refractivity contribution is 5.71. The summed E-state index contributed by atoms with van der Waals surface area (Å²) in [6.07, 6.45) is 83.7. The van der Waals surface area contributed by atoms with E-state index in [4.69, 9.17) is 14.2 Å². The topological polar surface area (TPSA) is 78.9 Å². The predicted octanol–water partition coefficient (Wildman–Crippen LogP) is 19.0. The molecular formula is C65H100O6. The zero-order valence-corrected chi connectivity index (χ0v) is 45.2. The van der Waals surface area contributed by atoms with Crippen molar-refractivity contribution in [1.82, 2.24) is 0 Å². The van der Waals surface area contributed by atoms with E-state index in [2.05, 4.69) is 179 Å². The lowest BCUT2D eigenvalue weighted by Gasteiger charge is -2.18. The molecule has 0 aliphatic carbocycles. The normalized spacial score (nSPS) is 13.3. The van der Waals surface area contributed by atoms with Gasteiger partial charge in [-0.2, -0.15) is 0 Å². The summed E-state index contributed by atoms with van der Waals surface area (Å²) in [5, 5.41) is 0. The van der Waals surface area contributed by atoms with Gasteiger partial charge in [0.15, 0.2) is 6.10 Å². The maximum absolute atomic E-state index is 12.8. The van der Waals surface area contributed by atoms with Crippen LogP contribution < -0.4 is 0 Å². The quantitative estimate of drug-likeness (QED) is 0.0262. The second-order valence-corrected chi connectivity index (χ2v) is 17.7. The zero-order chi connectivity index (χ0) is 51.4. The fourth-order valence-corrected chi connectivity index (χ4v) is 6.92. The van der Waals surface area contributed by atoms with Crippen molar-refractivity contribution in [2.24, 2.45) is 0 Å². The van der Waals surface area contributed by atoms with Gasteiger partial charge in [0.25, 0.3) is 0 Å². The van der Waals surface area contributed by atoms with E-state index in [1.807, 2.05) is 0 Å². The van der Waals surface area contributed by atoms with Crippen LogP contribution in [0.2, 0.25) is 0 Å². The van der Waals surface area contributed by atoms with Crippen molar-refractivity contribution in [2.75, 3.05) is 13.2 Å². The minimum absolute atomic E-state index is 0.121. The number of unbranched alkanes of at least 4 members (excludes halogenated alkanes) is 11. The second-order valence-electron chi connectivity index (χ2n) is 17.7. The number of esters is 3. The van der Waals surface area contributed by atoms with Crippen LogP contribution in [-0.4, -0.2) is 37.2 Å². The Labute approximate surface area is 435 Å². The van der Waals surface area contributed by atoms with Gasteiger partial charge in [0, 0.05) is 19.3 Å². The van der Waals surface area contributed by atoms with E-state index in [-0.39, 0.29) is 37.5 Å². The molecule has 0 radical (unpaired) electrons. The van der Waals surface area contributed by atoms with Crippen molar-refractivity contribution in [3.8, 4) is 0 Å². The van der Waals surface area contributed by atoms with Gasteiger partial charge in [0.2, 0.25) is 0 Å². The molecule has 0 amide bonds. The van der Waals surface area contributed by atoms with Gasteiger partial charge < -0.3 is 14.2 Å². The minimum Gasteiger partial charge on any atom is -0.462 e. The lowest BCUT2D eigenvalue weighted by atomic mass is 10.1. The first-order chi connectivity index (χ1) is 35.0. The van der Waals surface area contributed by atoms with Gasteiger partial charge in [-0.05, 0) is 141 Å². The minimum atomic E-state index is -0.824. The summed E-state index contributed by atoms with van der Waals surface area (Å²) in [5.74, 6) is -1.01. The van der Waals surface area contributed by atoms with Crippen LogP contribution in [-0.2, 0) is 28.6 Å². The molecule has 6 nitrogen and oxygen atoms in total. The number of hydrogen-bond acceptors (Lipinski definition) is 6. The van der Waals surface area contributed by atoms with E-state index in [1.165, 1.54) is 0 Å². The second kappa shape index (κ2) is 57.6. The van der Waals surface area contributed by atoms with Gasteiger partial charge in [-0.3, -0.25) is 14.4 Å². The molecule has 0 saturated carbocycles. The van der Waals surface area contributed by atoms with Crippen molar-refractivity contribution >= 4 is 17.9 Å². The summed E-state index contributed by atoms with van der Waals surface area (Å²) in [5.41, 5.74) is 0. The van der Waals surface area contributed by atoms with Crippen LogP contribution in [0.15, 0.2) is 158 Å². The number of carbonyl (C=O) groups is 3. The Balaban J connectivity index is 4.57. The molecule has 0 rings (SSSR count). The van der Waals surface area contributed by atoms with Gasteiger partial charge in [0.05, 0.1) is 0 Å². The highest BCUT2D eigenvalue weighted by atomic mass is 16.6. The lowest BCUT2D eigenvalue weighted by molar-refractivity contribution is -0.167. The highest BCUT2D eigenvalue weighted by Crippen LogP contribution is 2.12. The van der Waals surface area contributed by atoms with Gasteiger partial charge in [-0.1, -0.05) is 211 Å². The standard InChI is InChI=1S/C65H100O6/c1-4-7-10-13-16-19-22-25-28-30-32-34-37-39-42-45-48-51-54-57-63(66)69-60-62(71-65(68)59-56-53-50-47-44-41-36-27-24-21-18-15-12-9-6-3)61-70-64(67)58-55-52-49-46-43-40-38-35-33-31-29-26-23-20-17-14-11-8-5-2/h7-12,16-21,25-29,32-36,39-40,42-43,62H,4-6,13-15,22-24,30-31,37-38,41,44-61H2,1-3H3. The van der Waals surface area contributed by atoms with E-state index in [0.29, 0.717) is 12.8 Å². The van der Waals surface area contributed by atoms with Crippen molar-refractivity contribution in [1.29, 1.82) is 0 Å². The third kappa shape index (κ3) is 55.8. The first kappa shape index (κ1) is 66.0. The van der Waals surface area contributed by atoms with Crippen molar-refractivity contribution in [3.05, 3.63) is 158 Å². The maximum atomic E-state index is 12.8. The van der Waals surface area contributed by atoms with E-state index >= 15 is 0 Å². The van der Waals surface area contributed by atoms with E-state index in [1.54, 1.807) is 0 Å². The fraction of sp³-hybridized carbons (Fsp3) is 0.554. The molecule has 0 aliphatic heterocycles. The predicted molar refractivity (Wildman–Crippen MR) is 306 cm³/mol. The monoisotopic (exact) mass is 977 g/mol. The molecule has 396 valence electrons. The third-order valence-corrected chi connectivity index (χ3v) is 11.0. The molecule has 6 heteroatoms. The van der Waals surface area contributed by atoms with Gasteiger partial charge in [-0.15, -0.1) is 0 Å². The lowest BCUT2D eigenvalue weighted by Crippen LogP contribution is -2.30. The number of ether oxygens (including phenoxy) is 3. The van der Waals surface area contributed by atoms with Crippen LogP contribution in [0.1, 0.15) is 213 Å². The summed E-state index contributed by atoms with van der Waals surface area (Å²) in [7, 11) is 0. The Morgan fingerprint density at radius 1 is 0.282 bits per heavy atom. The molecule has 0 fully saturated rings. The molecule has 0 aromatic carbocycles. The van der Waals surface area contributed by atoms with Gasteiger partial charge in [0.1, 0.15) is 13.2 Å². The number of hydrogen-bond donors (Lipinski definition) is 0. The average Bonchev–Trinajstić information content (AvgIpc) is 3.37. The first-order valence-corrected chi connectivity index (χ1v) is 28.0. The molecular weight excluding hydrogens is 877 g/mol. The van der Waals surface area contributed by atoms with Crippen LogP contribution in [0.4, 0.5) is 0 Å². The van der Waals surface area contributed by atoms with Crippen molar-refractivity contribution < 1.29 is 28.6 Å². The van der Waals surface area contributed by atoms with Crippen molar-refractivity contribution in [2.45, 2.75) is 219 Å². The molecule has 0 unspecified atom stereocenters. The molecule has 0 heterocycles. The maximum Gasteiger partial charge on any atom is 0.306 e. The number of carbonyl (C=O) groups excluding carboxylic acids is 3. The number of allylic oxidation sites excluding steroid dienone is 26. The smallest absolute Gasteiger partial charge is 0.306 e. The van der Waals surface area contributed by atoms with E-state index in [9.17, 15) is 14.4 Å². The summed E-state index contributed by atoms with van der Waals surface area (Å²) in [6, 6.07) is 0. The Morgan fingerprint density at radius 3 is 0.803 bits per heavy atom. The Morgan fingerprint density at radius 2 is 0.507 bits per heavy atom. The Bertz CT molecular complexity index is 1550. The molecule has 71 heavy (non-hydrogen) atoms. The van der Waals surface area contributed by atoms with Gasteiger partial charge in [-0.25, -0.2) is 0 Å². The number of rotatable bonds is 48. The van der Waals surface area contributed by atoms with Crippen LogP contribution >= 0.6 is 0 Å². The van der Waals surface area contributed by atoms with Crippen LogP contribution in [0.25, 0.3) is 0 Å². The molecule has 0 aromatic heterocycles. The summed E-state index contributed by atoms with van der Waals surface area (Å²) >= 11 is 0. The summed E-state index contributed by atoms with van der Waals surface area (Å²) < 4.78 is 16.8. The summed E-state index contributed by atoms with van der Waals surface area (Å²) in [4.78, 5) is 38.2. The van der Waals surface area contributed by atoms with Crippen LogP contribution in [0.3, 0.4) is 0 Å². The molecule has 0 aromatic rings. The Kier molecular flexibility index (Phi) is 53.6. The van der Waals surface area contributed by atoms with Crippen LogP contribution in [0, 0.1) is 0 Å². The molecule has 0 aliphatic rings. The van der Waals surface area contributed by atoms with Crippen molar-refractivity contribution in [3.63, 3.8) is 0 Å². The van der Waals surface area contributed by atoms with E-state index in [0.717, 1.165) is 173 Å². The summed E-state index contributed by atoms with van der Waals surface area (Å²) in [6.45, 7) is 6.21. The molecule has 0 N–H and O–H groups in total. The van der Waals surface area contributed by atoms with Gasteiger partial charge >= 0.3 is 17.9 Å². The average molecular weight is 978 g/mol. The Hall–Kier alpha value is -4.97. The molecule has 0 bridgehead atoms. The molecule has 0 spiro atoms. The molecule has 0 atom stereocenters. The largest absolute Gasteiger partial charge is 0.462 e. The SMILES string of the molecule is CCC=CCC=CCC=CCC=CCC=CCCCCCC(=O)OCC(COC(=O)CCCCCC=CCC=CCC=CCC=CCC=CCC)OC(=O)CCCCCCCC=CCC=CCC=CCC. The zero-order valence-electron chi connectivity index (χ0n) is 45.2. The first-order valence-electron chi connectivity index (χ1n) is 28.0.